The van der Waals surface area contributed by atoms with Gasteiger partial charge in [-0.1, -0.05) is 21.6 Å². The lowest BCUT2D eigenvalue weighted by molar-refractivity contribution is -0.287. The molecule has 2 aliphatic heterocycles. The number of alkyl carbamates (subject to hydrolysis) is 2. The van der Waals surface area contributed by atoms with E-state index in [1.165, 1.54) is 0 Å². The van der Waals surface area contributed by atoms with Crippen LogP contribution in [-0.4, -0.2) is 174 Å². The van der Waals surface area contributed by atoms with E-state index >= 15 is 0 Å². The van der Waals surface area contributed by atoms with Gasteiger partial charge in [0.2, 0.25) is 0 Å². The Balaban J connectivity index is 2.08. The molecule has 10 N–H and O–H groups in total. The maximum atomic E-state index is 13.0. The Bertz CT molecular complexity index is 1050. The highest BCUT2D eigenvalue weighted by Crippen LogP contribution is 2.26. The fourth-order valence-corrected chi connectivity index (χ4v) is 6.43. The summed E-state index contributed by atoms with van der Waals surface area (Å²) >= 11 is 0. The third kappa shape index (κ3) is 14.1. The van der Waals surface area contributed by atoms with Crippen LogP contribution in [0.5, 0.6) is 0 Å². The van der Waals surface area contributed by atoms with Gasteiger partial charge in [0.15, 0.2) is 12.6 Å². The normalized spacial score (nSPS) is 31.5. The van der Waals surface area contributed by atoms with Gasteiger partial charge in [0, 0.05) is 11.5 Å². The summed E-state index contributed by atoms with van der Waals surface area (Å²) in [5.41, 5.74) is -1.88. The quantitative estimate of drug-likeness (QED) is 0.0383. The fourth-order valence-electron chi connectivity index (χ4n) is 4.14. The molecule has 2 rings (SSSR count). The van der Waals surface area contributed by atoms with Crippen molar-refractivity contribution < 1.29 is 88.5 Å². The van der Waals surface area contributed by atoms with Crippen LogP contribution in [0, 0.1) is 0 Å². The van der Waals surface area contributed by atoms with E-state index in [1.54, 1.807) is 41.5 Å². The van der Waals surface area contributed by atoms with Crippen molar-refractivity contribution in [3.63, 3.8) is 0 Å². The lowest BCUT2D eigenvalue weighted by Gasteiger charge is -2.38. The molecule has 2 saturated heterocycles. The Kier molecular flexibility index (Phi) is 16.7. The molecule has 2 heterocycles. The SMILES string of the molecule is CC(C)(C)OC(=O)N[C@H](CSSC[C@@H](NC(=O)OC(C)(C)C)C(=O)OC[C@H]1O[C@H](O)[C@@H](O)[C@@H](O)[C@H]1O)C(=O)OC[C@H]1O[C@H](O)[C@@H](O)[C@H](O)[C@H]1O. The van der Waals surface area contributed by atoms with Gasteiger partial charge in [0.1, 0.15) is 85.3 Å². The number of carbonyl (C=O) groups excluding carboxylic acids is 4. The molecule has 0 spiro atoms. The Hall–Kier alpha value is -2.22. The summed E-state index contributed by atoms with van der Waals surface area (Å²) in [6, 6.07) is -2.79. The second-order valence-electron chi connectivity index (χ2n) is 13.3. The summed E-state index contributed by atoms with van der Waals surface area (Å²) in [6.07, 6.45) is -19.3. The fraction of sp³-hybridized carbons (Fsp3) is 0.857. The molecule has 0 radical (unpaired) electrons. The maximum Gasteiger partial charge on any atom is 0.408 e. The first-order valence-electron chi connectivity index (χ1n) is 15.3. The Labute approximate surface area is 295 Å². The smallest absolute Gasteiger partial charge is 0.408 e. The van der Waals surface area contributed by atoms with E-state index in [2.05, 4.69) is 10.6 Å². The number of aliphatic hydroxyl groups is 8. The van der Waals surface area contributed by atoms with Gasteiger partial charge in [-0.2, -0.15) is 0 Å². The molecule has 22 heteroatoms. The van der Waals surface area contributed by atoms with Crippen molar-refractivity contribution >= 4 is 45.7 Å². The van der Waals surface area contributed by atoms with Gasteiger partial charge in [-0.25, -0.2) is 19.2 Å². The molecule has 20 nitrogen and oxygen atoms in total. The molecule has 2 amide bonds. The molecule has 0 saturated carbocycles. The van der Waals surface area contributed by atoms with Gasteiger partial charge >= 0.3 is 24.1 Å². The minimum atomic E-state index is -1.87. The molecule has 0 bridgehead atoms. The molecule has 12 atom stereocenters. The second-order valence-corrected chi connectivity index (χ2v) is 15.9. The average Bonchev–Trinajstić information content (AvgIpc) is 2.99. The van der Waals surface area contributed by atoms with Crippen LogP contribution in [0.4, 0.5) is 9.59 Å². The van der Waals surface area contributed by atoms with Gasteiger partial charge in [-0.3, -0.25) is 0 Å². The number of nitrogens with one attached hydrogen (secondary N) is 2. The largest absolute Gasteiger partial charge is 0.461 e. The third-order valence-corrected chi connectivity index (χ3v) is 9.08. The number of aliphatic hydroxyl groups excluding tert-OH is 8. The van der Waals surface area contributed by atoms with Gasteiger partial charge in [-0.05, 0) is 41.5 Å². The topological polar surface area (TPSA) is 310 Å². The van der Waals surface area contributed by atoms with E-state index in [9.17, 15) is 60.0 Å². The van der Waals surface area contributed by atoms with Crippen LogP contribution in [0.15, 0.2) is 0 Å². The number of rotatable bonds is 13. The molecule has 50 heavy (non-hydrogen) atoms. The molecular formula is C28H48N2O18S2. The van der Waals surface area contributed by atoms with E-state index in [1.807, 2.05) is 0 Å². The number of esters is 2. The van der Waals surface area contributed by atoms with Gasteiger partial charge in [-0.15, -0.1) is 0 Å². The average molecular weight is 765 g/mol. The van der Waals surface area contributed by atoms with E-state index < -0.39 is 122 Å². The molecule has 0 aromatic carbocycles. The number of amides is 2. The summed E-state index contributed by atoms with van der Waals surface area (Å²) in [6.45, 7) is 8.14. The number of carbonyl (C=O) groups is 4. The first kappa shape index (κ1) is 43.9. The maximum absolute atomic E-state index is 13.0. The number of hydrogen-bond acceptors (Lipinski definition) is 20. The zero-order valence-electron chi connectivity index (χ0n) is 28.2. The molecule has 2 fully saturated rings. The van der Waals surface area contributed by atoms with Crippen molar-refractivity contribution in [2.24, 2.45) is 0 Å². The lowest BCUT2D eigenvalue weighted by Crippen LogP contribution is -2.59. The van der Waals surface area contributed by atoms with Crippen LogP contribution in [0.25, 0.3) is 0 Å². The van der Waals surface area contributed by atoms with Crippen LogP contribution < -0.4 is 10.6 Å². The Morgan fingerprint density at radius 1 is 0.580 bits per heavy atom. The van der Waals surface area contributed by atoms with Crippen molar-refractivity contribution in [2.45, 2.75) is 126 Å². The van der Waals surface area contributed by atoms with Gasteiger partial charge < -0.3 is 79.9 Å². The summed E-state index contributed by atoms with van der Waals surface area (Å²) < 4.78 is 30.7. The molecular weight excluding hydrogens is 716 g/mol. The molecule has 0 aromatic rings. The first-order valence-corrected chi connectivity index (χ1v) is 17.8. The van der Waals surface area contributed by atoms with E-state index in [4.69, 9.17) is 28.4 Å². The molecule has 2 aliphatic rings. The highest BCUT2D eigenvalue weighted by atomic mass is 33.1. The second kappa shape index (κ2) is 19.0. The number of hydrogen-bond donors (Lipinski definition) is 10. The highest BCUT2D eigenvalue weighted by Gasteiger charge is 2.45. The van der Waals surface area contributed by atoms with Crippen molar-refractivity contribution in [3.05, 3.63) is 0 Å². The van der Waals surface area contributed by atoms with Crippen molar-refractivity contribution in [1.82, 2.24) is 10.6 Å². The standard InChI is InChI=1S/C28H48N2O18S2/c1-27(2,3)47-25(41)29-11(21(37)43-7-13-15(31)17(33)19(35)23(39)45-13)9-49-50-10-12(30-26(42)48-28(4,5)6)22(38)44-8-14-16(32)18(34)20(36)24(40)46-14/h11-20,23-24,31-36,39-40H,7-10H2,1-6H3,(H,29,41)(H,30,42)/t11-,12-,13-,14-,15+,16+,17-,18+,19+,20+,23+,24+/m1/s1. The summed E-state index contributed by atoms with van der Waals surface area (Å²) in [7, 11) is 1.88. The van der Waals surface area contributed by atoms with Gasteiger partial charge in [0.05, 0.1) is 0 Å². The van der Waals surface area contributed by atoms with Crippen molar-refractivity contribution in [2.75, 3.05) is 24.7 Å². The molecule has 0 aromatic heterocycles. The monoisotopic (exact) mass is 764 g/mol. The van der Waals surface area contributed by atoms with E-state index in [-0.39, 0.29) is 11.5 Å². The minimum Gasteiger partial charge on any atom is -0.461 e. The van der Waals surface area contributed by atoms with E-state index in [0.29, 0.717) is 0 Å². The third-order valence-electron chi connectivity index (χ3n) is 6.66. The highest BCUT2D eigenvalue weighted by molar-refractivity contribution is 8.76. The molecule has 0 aliphatic carbocycles. The van der Waals surface area contributed by atoms with Crippen LogP contribution >= 0.6 is 21.6 Å². The van der Waals surface area contributed by atoms with Crippen molar-refractivity contribution in [3.8, 4) is 0 Å². The van der Waals surface area contributed by atoms with Crippen LogP contribution in [0.3, 0.4) is 0 Å². The van der Waals surface area contributed by atoms with E-state index in [0.717, 1.165) is 21.6 Å². The predicted molar refractivity (Wildman–Crippen MR) is 171 cm³/mol. The Morgan fingerprint density at radius 2 is 0.900 bits per heavy atom. The zero-order chi connectivity index (χ0) is 38.1. The Morgan fingerprint density at radius 3 is 1.20 bits per heavy atom. The van der Waals surface area contributed by atoms with Crippen molar-refractivity contribution in [1.29, 1.82) is 0 Å². The first-order chi connectivity index (χ1) is 23.0. The van der Waals surface area contributed by atoms with Crippen LogP contribution in [-0.2, 0) is 38.0 Å². The minimum absolute atomic E-state index is 0.213. The molecule has 290 valence electrons. The summed E-state index contributed by atoms with van der Waals surface area (Å²) in [4.78, 5) is 51.0. The summed E-state index contributed by atoms with van der Waals surface area (Å²) in [5, 5.41) is 83.5. The number of ether oxygens (including phenoxy) is 6. The van der Waals surface area contributed by atoms with Crippen LogP contribution in [0.2, 0.25) is 0 Å². The zero-order valence-corrected chi connectivity index (χ0v) is 29.9. The molecule has 0 unspecified atom stereocenters. The van der Waals surface area contributed by atoms with Crippen LogP contribution in [0.1, 0.15) is 41.5 Å². The summed E-state index contributed by atoms with van der Waals surface area (Å²) in [5.74, 6) is -2.51. The lowest BCUT2D eigenvalue weighted by atomic mass is 9.99. The predicted octanol–water partition coefficient (Wildman–Crippen LogP) is -3.16. The van der Waals surface area contributed by atoms with Gasteiger partial charge in [0.25, 0.3) is 0 Å².